The van der Waals surface area contributed by atoms with Crippen molar-refractivity contribution in [2.24, 2.45) is 4.99 Å². The molecule has 116 valence electrons. The fraction of sp³-hybridized carbons (Fsp3) is 0.211. The summed E-state index contributed by atoms with van der Waals surface area (Å²) in [6.45, 7) is 2.48. The number of carbonyl (C=O) groups is 1. The average molecular weight is 306 g/mol. The molecule has 1 aromatic carbocycles. The highest BCUT2D eigenvalue weighted by Gasteiger charge is 2.43. The van der Waals surface area contributed by atoms with Crippen molar-refractivity contribution in [2.45, 2.75) is 25.9 Å². The third-order valence-corrected chi connectivity index (χ3v) is 4.22. The van der Waals surface area contributed by atoms with Gasteiger partial charge in [-0.1, -0.05) is 37.3 Å². The van der Waals surface area contributed by atoms with Gasteiger partial charge < -0.3 is 0 Å². The molecule has 1 aromatic heterocycles. The molecule has 2 aromatic rings. The lowest BCUT2D eigenvalue weighted by atomic mass is 10.00. The number of nitrogens with zero attached hydrogens (tertiary/aromatic N) is 3. The second kappa shape index (κ2) is 6.67. The Labute approximate surface area is 136 Å². The van der Waals surface area contributed by atoms with Crippen LogP contribution in [0.3, 0.4) is 0 Å². The van der Waals surface area contributed by atoms with Crippen LogP contribution in [0.25, 0.3) is 0 Å². The van der Waals surface area contributed by atoms with Gasteiger partial charge in [-0.05, 0) is 18.2 Å². The molecular weight excluding hydrogens is 286 g/mol. The van der Waals surface area contributed by atoms with Gasteiger partial charge in [-0.3, -0.25) is 4.98 Å². The first kappa shape index (κ1) is 15.3. The smallest absolute Gasteiger partial charge is 0.265 e. The van der Waals surface area contributed by atoms with E-state index >= 15 is 0 Å². The molecular formula is C19H20N3O+. The largest absolute Gasteiger partial charge is 0.320 e. The van der Waals surface area contributed by atoms with Crippen molar-refractivity contribution in [3.05, 3.63) is 78.3 Å². The highest BCUT2D eigenvalue weighted by molar-refractivity contribution is 5.78. The first-order chi connectivity index (χ1) is 11.3. The first-order valence-electron chi connectivity index (χ1n) is 7.82. The van der Waals surface area contributed by atoms with E-state index in [9.17, 15) is 4.79 Å². The number of aromatic nitrogens is 1. The van der Waals surface area contributed by atoms with Crippen LogP contribution in [0, 0.1) is 0 Å². The van der Waals surface area contributed by atoms with Crippen molar-refractivity contribution < 1.29 is 9.28 Å². The Hall–Kier alpha value is -2.59. The Bertz CT molecular complexity index is 725. The monoisotopic (exact) mass is 306 g/mol. The van der Waals surface area contributed by atoms with Gasteiger partial charge in [-0.2, -0.15) is 0 Å². The maximum absolute atomic E-state index is 12.9. The summed E-state index contributed by atoms with van der Waals surface area (Å²) >= 11 is 0. The van der Waals surface area contributed by atoms with Crippen LogP contribution in [0.1, 0.15) is 30.5 Å². The number of pyridine rings is 1. The first-order valence-corrected chi connectivity index (χ1v) is 7.82. The fourth-order valence-electron chi connectivity index (χ4n) is 3.07. The van der Waals surface area contributed by atoms with E-state index in [1.807, 2.05) is 43.3 Å². The summed E-state index contributed by atoms with van der Waals surface area (Å²) in [7, 11) is 0. The lowest BCUT2D eigenvalue weighted by Gasteiger charge is -2.38. The number of hydrogen-bond donors (Lipinski definition) is 0. The minimum atomic E-state index is -0.0608. The van der Waals surface area contributed by atoms with Crippen molar-refractivity contribution in [3.63, 3.8) is 0 Å². The molecule has 0 bridgehead atoms. The Morgan fingerprint density at radius 2 is 1.87 bits per heavy atom. The molecule has 4 heteroatoms. The van der Waals surface area contributed by atoms with Crippen LogP contribution in [-0.4, -0.2) is 21.7 Å². The molecule has 2 heterocycles. The molecule has 1 amide bonds. The SMILES string of the molecule is CCC(=O)[N+]1(Cc2ccncc2)C=NC=CC1c1ccccc1. The number of rotatable bonds is 4. The van der Waals surface area contributed by atoms with Crippen molar-refractivity contribution in [1.29, 1.82) is 0 Å². The Morgan fingerprint density at radius 3 is 2.57 bits per heavy atom. The van der Waals surface area contributed by atoms with Crippen LogP contribution in [-0.2, 0) is 11.3 Å². The Morgan fingerprint density at radius 1 is 1.13 bits per heavy atom. The highest BCUT2D eigenvalue weighted by atomic mass is 16.2. The molecule has 0 N–H and O–H groups in total. The van der Waals surface area contributed by atoms with Crippen LogP contribution in [0.2, 0.25) is 0 Å². The summed E-state index contributed by atoms with van der Waals surface area (Å²) in [5.41, 5.74) is 2.19. The second-order valence-corrected chi connectivity index (χ2v) is 5.65. The average Bonchev–Trinajstić information content (AvgIpc) is 2.63. The van der Waals surface area contributed by atoms with Gasteiger partial charge in [0.1, 0.15) is 12.6 Å². The lowest BCUT2D eigenvalue weighted by Crippen LogP contribution is -2.53. The third kappa shape index (κ3) is 2.98. The summed E-state index contributed by atoms with van der Waals surface area (Å²) in [5.74, 6) is 0.156. The minimum Gasteiger partial charge on any atom is -0.265 e. The number of amides is 1. The van der Waals surface area contributed by atoms with Crippen LogP contribution >= 0.6 is 0 Å². The molecule has 0 fully saturated rings. The van der Waals surface area contributed by atoms with Gasteiger partial charge in [0.05, 0.1) is 6.42 Å². The zero-order valence-electron chi connectivity index (χ0n) is 13.2. The van der Waals surface area contributed by atoms with Crippen LogP contribution in [0.4, 0.5) is 0 Å². The Kier molecular flexibility index (Phi) is 4.44. The van der Waals surface area contributed by atoms with Gasteiger partial charge in [0.15, 0.2) is 6.34 Å². The van der Waals surface area contributed by atoms with E-state index in [1.165, 1.54) is 0 Å². The summed E-state index contributed by atoms with van der Waals surface area (Å²) in [6, 6.07) is 14.0. The van der Waals surface area contributed by atoms with Gasteiger partial charge in [-0.15, -0.1) is 0 Å². The van der Waals surface area contributed by atoms with Crippen molar-refractivity contribution in [2.75, 3.05) is 0 Å². The van der Waals surface area contributed by atoms with E-state index in [-0.39, 0.29) is 16.4 Å². The number of carbonyl (C=O) groups excluding carboxylic acids is 1. The standard InChI is InChI=1S/C19H20N3O/c1-2-19(23)22(14-16-8-11-20-12-9-16)15-21-13-10-18(22)17-6-4-3-5-7-17/h3-13,15,18H,2,14H2,1H3/q+1. The molecule has 1 aliphatic rings. The summed E-state index contributed by atoms with van der Waals surface area (Å²) in [4.78, 5) is 21.3. The number of benzene rings is 1. The molecule has 0 radical (unpaired) electrons. The van der Waals surface area contributed by atoms with Crippen molar-refractivity contribution in [3.8, 4) is 0 Å². The molecule has 4 nitrogen and oxygen atoms in total. The van der Waals surface area contributed by atoms with Crippen molar-refractivity contribution in [1.82, 2.24) is 4.98 Å². The highest BCUT2D eigenvalue weighted by Crippen LogP contribution is 2.34. The van der Waals surface area contributed by atoms with E-state index in [0.29, 0.717) is 13.0 Å². The zero-order chi connectivity index (χ0) is 16.1. The molecule has 2 unspecified atom stereocenters. The second-order valence-electron chi connectivity index (χ2n) is 5.65. The van der Waals surface area contributed by atoms with Gasteiger partial charge in [0.2, 0.25) is 0 Å². The molecule has 0 aliphatic carbocycles. The lowest BCUT2D eigenvalue weighted by molar-refractivity contribution is -0.799. The summed E-state index contributed by atoms with van der Waals surface area (Å²) in [5, 5.41) is 0. The number of hydrogen-bond acceptors (Lipinski definition) is 3. The van der Waals surface area contributed by atoms with Crippen molar-refractivity contribution >= 4 is 12.2 Å². The van der Waals surface area contributed by atoms with Crippen LogP contribution in [0.5, 0.6) is 0 Å². The topological polar surface area (TPSA) is 42.3 Å². The van der Waals surface area contributed by atoms with Gasteiger partial charge >= 0.3 is 5.91 Å². The maximum atomic E-state index is 12.9. The molecule has 0 spiro atoms. The fourth-order valence-corrected chi connectivity index (χ4v) is 3.07. The molecule has 0 saturated carbocycles. The minimum absolute atomic E-state index is 0.0608. The third-order valence-electron chi connectivity index (χ3n) is 4.22. The predicted octanol–water partition coefficient (Wildman–Crippen LogP) is 3.63. The van der Waals surface area contributed by atoms with E-state index in [2.05, 4.69) is 22.1 Å². The number of quaternary nitrogens is 1. The molecule has 3 rings (SSSR count). The van der Waals surface area contributed by atoms with Gasteiger partial charge in [0, 0.05) is 29.7 Å². The van der Waals surface area contributed by atoms with Gasteiger partial charge in [0.25, 0.3) is 0 Å². The van der Waals surface area contributed by atoms with E-state index in [4.69, 9.17) is 0 Å². The Balaban J connectivity index is 2.07. The van der Waals surface area contributed by atoms with E-state index in [1.54, 1.807) is 24.9 Å². The molecule has 1 aliphatic heterocycles. The van der Waals surface area contributed by atoms with Gasteiger partial charge in [-0.25, -0.2) is 14.3 Å². The maximum Gasteiger partial charge on any atom is 0.320 e. The van der Waals surface area contributed by atoms with Crippen LogP contribution < -0.4 is 0 Å². The predicted molar refractivity (Wildman–Crippen MR) is 90.3 cm³/mol. The normalized spacial score (nSPS) is 22.9. The number of aliphatic imine (C=N–C) groups is 1. The summed E-state index contributed by atoms with van der Waals surface area (Å²) < 4.78 is 0.182. The molecule has 0 saturated heterocycles. The summed E-state index contributed by atoms with van der Waals surface area (Å²) in [6.07, 6.45) is 9.57. The van der Waals surface area contributed by atoms with E-state index < -0.39 is 0 Å². The van der Waals surface area contributed by atoms with Crippen LogP contribution in [0.15, 0.2) is 72.1 Å². The molecule has 23 heavy (non-hydrogen) atoms. The van der Waals surface area contributed by atoms with E-state index in [0.717, 1.165) is 11.1 Å². The quantitative estimate of drug-likeness (QED) is 0.809. The zero-order valence-corrected chi connectivity index (χ0v) is 13.2. The molecule has 2 atom stereocenters.